The van der Waals surface area contributed by atoms with Crippen molar-refractivity contribution in [3.8, 4) is 0 Å². The Hall–Kier alpha value is -2.31. The molecule has 1 aromatic rings. The fraction of sp³-hybridized carbons (Fsp3) is 0.655. The van der Waals surface area contributed by atoms with Gasteiger partial charge in [0.2, 0.25) is 11.8 Å². The lowest BCUT2D eigenvalue weighted by Crippen LogP contribution is -2.55. The van der Waals surface area contributed by atoms with Gasteiger partial charge in [-0.1, -0.05) is 32.1 Å². The van der Waals surface area contributed by atoms with E-state index >= 15 is 0 Å². The maximum absolute atomic E-state index is 13.5. The predicted molar refractivity (Wildman–Crippen MR) is 131 cm³/mol. The van der Waals surface area contributed by atoms with E-state index in [1.807, 2.05) is 0 Å². The van der Waals surface area contributed by atoms with E-state index in [-0.39, 0.29) is 34.2 Å². The Morgan fingerprint density at radius 3 is 2.50 bits per heavy atom. The van der Waals surface area contributed by atoms with Gasteiger partial charge in [0.1, 0.15) is 0 Å². The monoisotopic (exact) mass is 500 g/mol. The third-order valence-corrected chi connectivity index (χ3v) is 10.5. The van der Waals surface area contributed by atoms with Gasteiger partial charge in [-0.3, -0.25) is 9.59 Å². The number of nitrogens with zero attached hydrogens (tertiary/aromatic N) is 1. The van der Waals surface area contributed by atoms with Crippen molar-refractivity contribution >= 4 is 17.5 Å². The second-order valence-electron chi connectivity index (χ2n) is 12.3. The predicted octanol–water partition coefficient (Wildman–Crippen LogP) is 6.78. The molecule has 36 heavy (non-hydrogen) atoms. The molecule has 1 N–H and O–H groups in total. The minimum absolute atomic E-state index is 0.00720. The highest BCUT2D eigenvalue weighted by Gasteiger charge is 2.61. The highest BCUT2D eigenvalue weighted by atomic mass is 19.4. The molecule has 1 saturated heterocycles. The summed E-state index contributed by atoms with van der Waals surface area (Å²) in [4.78, 5) is 28.3. The summed E-state index contributed by atoms with van der Waals surface area (Å²) in [5.74, 6) is 1.00. The fourth-order valence-electron chi connectivity index (χ4n) is 8.61. The molecule has 194 valence electrons. The molecule has 0 aromatic heterocycles. The van der Waals surface area contributed by atoms with E-state index in [1.165, 1.54) is 23.9 Å². The number of hydrogen-bond acceptors (Lipinski definition) is 2. The normalized spacial score (nSPS) is 38.1. The van der Waals surface area contributed by atoms with Crippen LogP contribution >= 0.6 is 0 Å². The number of alkyl halides is 3. The van der Waals surface area contributed by atoms with Crippen molar-refractivity contribution in [2.75, 3.05) is 5.32 Å². The Balaban J connectivity index is 1.25. The maximum Gasteiger partial charge on any atom is 0.418 e. The van der Waals surface area contributed by atoms with Gasteiger partial charge in [0.05, 0.1) is 11.3 Å². The number of rotatable bonds is 3. The Kier molecular flexibility index (Phi) is 5.41. The van der Waals surface area contributed by atoms with Crippen LogP contribution in [0, 0.1) is 34.5 Å². The van der Waals surface area contributed by atoms with Crippen LogP contribution in [0.5, 0.6) is 0 Å². The number of allylic oxidation sites excluding steroid dienone is 2. The molecule has 0 spiro atoms. The van der Waals surface area contributed by atoms with E-state index in [2.05, 4.69) is 30.1 Å². The third-order valence-electron chi connectivity index (χ3n) is 10.5. The van der Waals surface area contributed by atoms with E-state index in [4.69, 9.17) is 0 Å². The van der Waals surface area contributed by atoms with Gasteiger partial charge in [-0.05, 0) is 86.7 Å². The summed E-state index contributed by atoms with van der Waals surface area (Å²) in [6.45, 7) is 4.55. The number of halogens is 3. The van der Waals surface area contributed by atoms with Crippen LogP contribution in [-0.2, 0) is 15.8 Å². The first kappa shape index (κ1) is 24.1. The number of nitrogens with one attached hydrogen (secondary N) is 1. The largest absolute Gasteiger partial charge is 0.418 e. The van der Waals surface area contributed by atoms with Crippen molar-refractivity contribution in [1.82, 2.24) is 4.90 Å². The SMILES string of the molecule is C[C@]12CCC(=O)N(C3CC3)C1=CC[C@@H]1[C@H]2CC[C@]2(C)C(C(=O)Nc3ccccc3C(F)(F)F)CC[C@@H]12. The average Bonchev–Trinajstić information content (AvgIpc) is 3.59. The minimum atomic E-state index is -4.51. The molecule has 4 aliphatic carbocycles. The van der Waals surface area contributed by atoms with Crippen molar-refractivity contribution in [2.45, 2.75) is 83.9 Å². The van der Waals surface area contributed by atoms with Crippen LogP contribution in [0.2, 0.25) is 0 Å². The number of piperidine rings is 1. The molecular formula is C29H35F3N2O2. The molecule has 6 rings (SSSR count). The second-order valence-corrected chi connectivity index (χ2v) is 12.3. The van der Waals surface area contributed by atoms with Gasteiger partial charge in [-0.2, -0.15) is 13.2 Å². The number of carbonyl (C=O) groups is 2. The number of fused-ring (bicyclic) bond motifs is 5. The third kappa shape index (κ3) is 3.55. The van der Waals surface area contributed by atoms with E-state index in [0.29, 0.717) is 36.6 Å². The van der Waals surface area contributed by atoms with E-state index in [1.54, 1.807) is 0 Å². The summed E-state index contributed by atoms with van der Waals surface area (Å²) >= 11 is 0. The average molecular weight is 501 g/mol. The molecule has 5 aliphatic rings. The summed E-state index contributed by atoms with van der Waals surface area (Å²) in [5.41, 5.74) is 0.0717. The first-order valence-electron chi connectivity index (χ1n) is 13.5. The molecule has 4 nitrogen and oxygen atoms in total. The van der Waals surface area contributed by atoms with Crippen LogP contribution in [0.3, 0.4) is 0 Å². The zero-order valence-corrected chi connectivity index (χ0v) is 21.0. The first-order valence-corrected chi connectivity index (χ1v) is 13.5. The highest BCUT2D eigenvalue weighted by molar-refractivity contribution is 5.94. The molecule has 1 heterocycles. The highest BCUT2D eigenvalue weighted by Crippen LogP contribution is 2.66. The van der Waals surface area contributed by atoms with Crippen molar-refractivity contribution < 1.29 is 22.8 Å². The molecular weight excluding hydrogens is 465 g/mol. The van der Waals surface area contributed by atoms with Crippen molar-refractivity contribution in [3.05, 3.63) is 41.6 Å². The molecule has 1 aliphatic heterocycles. The van der Waals surface area contributed by atoms with E-state index < -0.39 is 11.7 Å². The van der Waals surface area contributed by atoms with Gasteiger partial charge < -0.3 is 10.2 Å². The zero-order valence-electron chi connectivity index (χ0n) is 21.0. The van der Waals surface area contributed by atoms with Crippen LogP contribution in [0.4, 0.5) is 18.9 Å². The molecule has 4 fully saturated rings. The van der Waals surface area contributed by atoms with Crippen LogP contribution in [0.15, 0.2) is 36.0 Å². The van der Waals surface area contributed by atoms with Gasteiger partial charge >= 0.3 is 6.18 Å². The van der Waals surface area contributed by atoms with Gasteiger partial charge in [0, 0.05) is 29.5 Å². The smallest absolute Gasteiger partial charge is 0.325 e. The van der Waals surface area contributed by atoms with Gasteiger partial charge in [-0.25, -0.2) is 0 Å². The minimum Gasteiger partial charge on any atom is -0.325 e. The number of anilines is 1. The van der Waals surface area contributed by atoms with Gasteiger partial charge in [-0.15, -0.1) is 0 Å². The van der Waals surface area contributed by atoms with Crippen molar-refractivity contribution in [1.29, 1.82) is 0 Å². The Bertz CT molecular complexity index is 1130. The number of para-hydroxylation sites is 1. The topological polar surface area (TPSA) is 49.4 Å². The number of carbonyl (C=O) groups excluding carboxylic acids is 2. The molecule has 2 amide bonds. The summed E-state index contributed by atoms with van der Waals surface area (Å²) < 4.78 is 40.5. The van der Waals surface area contributed by atoms with Gasteiger partial charge in [0.15, 0.2) is 0 Å². The summed E-state index contributed by atoms with van der Waals surface area (Å²) in [5, 5.41) is 2.66. The number of benzene rings is 1. The standard InChI is InChI=1S/C29H35F3N2O2/c1-27-15-13-20-18(9-12-24-28(20,2)16-14-25(35)34(24)17-7-8-17)19(27)10-11-22(27)26(36)33-23-6-4-3-5-21(23)29(30,31)32/h3-6,12,17-20,22H,7-11,13-16H2,1-2H3,(H,33,36)/t18-,19-,20+,22?,27-,28+/m0/s1. The molecule has 0 radical (unpaired) electrons. The fourth-order valence-corrected chi connectivity index (χ4v) is 8.61. The second kappa shape index (κ2) is 8.09. The molecule has 3 saturated carbocycles. The van der Waals surface area contributed by atoms with Crippen molar-refractivity contribution in [2.24, 2.45) is 34.5 Å². The number of amides is 2. The van der Waals surface area contributed by atoms with Gasteiger partial charge in [0.25, 0.3) is 0 Å². The molecule has 1 aromatic carbocycles. The lowest BCUT2D eigenvalue weighted by molar-refractivity contribution is -0.139. The molecule has 7 heteroatoms. The first-order chi connectivity index (χ1) is 17.0. The van der Waals surface area contributed by atoms with Crippen LogP contribution in [-0.4, -0.2) is 22.8 Å². The van der Waals surface area contributed by atoms with E-state index in [0.717, 1.165) is 51.0 Å². The number of likely N-dealkylation sites (tertiary alicyclic amines) is 1. The molecule has 0 bridgehead atoms. The number of hydrogen-bond donors (Lipinski definition) is 1. The summed E-state index contributed by atoms with van der Waals surface area (Å²) in [7, 11) is 0. The quantitative estimate of drug-likeness (QED) is 0.497. The lowest BCUT2D eigenvalue weighted by atomic mass is 9.49. The Morgan fingerprint density at radius 1 is 1.03 bits per heavy atom. The molecule has 6 atom stereocenters. The Labute approximate surface area is 210 Å². The summed E-state index contributed by atoms with van der Waals surface area (Å²) in [6.07, 6.45) is 5.99. The maximum atomic E-state index is 13.5. The van der Waals surface area contributed by atoms with Crippen molar-refractivity contribution in [3.63, 3.8) is 0 Å². The molecule has 1 unspecified atom stereocenters. The van der Waals surface area contributed by atoms with Crippen LogP contribution in [0.25, 0.3) is 0 Å². The van der Waals surface area contributed by atoms with Crippen LogP contribution in [0.1, 0.15) is 77.2 Å². The Morgan fingerprint density at radius 2 is 1.78 bits per heavy atom. The van der Waals surface area contributed by atoms with Crippen LogP contribution < -0.4 is 5.32 Å². The lowest BCUT2D eigenvalue weighted by Gasteiger charge is -2.58. The zero-order chi connectivity index (χ0) is 25.5. The van der Waals surface area contributed by atoms with E-state index in [9.17, 15) is 22.8 Å². The summed E-state index contributed by atoms with van der Waals surface area (Å²) in [6, 6.07) is 5.62.